The van der Waals surface area contributed by atoms with E-state index >= 15 is 0 Å². The molecule has 0 saturated heterocycles. The fraction of sp³-hybridized carbons (Fsp3) is 0.333. The van der Waals surface area contributed by atoms with Crippen LogP contribution in [0.25, 0.3) is 11.0 Å². The fourth-order valence-electron chi connectivity index (χ4n) is 3.37. The van der Waals surface area contributed by atoms with Crippen LogP contribution in [0, 0.1) is 12.7 Å². The number of halogens is 1. The quantitative estimate of drug-likeness (QED) is 0.659. The predicted octanol–water partition coefficient (Wildman–Crippen LogP) is 2.07. The third-order valence-electron chi connectivity index (χ3n) is 4.96. The first-order valence-corrected chi connectivity index (χ1v) is 9.43. The summed E-state index contributed by atoms with van der Waals surface area (Å²) in [5.74, 6) is -0.686. The van der Waals surface area contributed by atoms with Gasteiger partial charge in [-0.25, -0.2) is 14.2 Å². The Labute approximate surface area is 167 Å². The van der Waals surface area contributed by atoms with E-state index in [4.69, 9.17) is 0 Å². The maximum atomic E-state index is 13.3. The third-order valence-corrected chi connectivity index (χ3v) is 4.96. The Morgan fingerprint density at radius 1 is 1.14 bits per heavy atom. The molecule has 1 aromatic carbocycles. The normalized spacial score (nSPS) is 11.1. The number of carbonyl (C=O) groups excluding carboxylic acids is 1. The Balaban J connectivity index is 2.30. The van der Waals surface area contributed by atoms with Gasteiger partial charge in [0.2, 0.25) is 0 Å². The van der Waals surface area contributed by atoms with Crippen LogP contribution in [0.5, 0.6) is 0 Å². The molecule has 7 nitrogen and oxygen atoms in total. The molecular formula is C21H23FN4O3. The number of hydrogen-bond acceptors (Lipinski definition) is 4. The van der Waals surface area contributed by atoms with Gasteiger partial charge in [-0.1, -0.05) is 12.1 Å². The monoisotopic (exact) mass is 398 g/mol. The number of rotatable bonds is 5. The molecule has 0 N–H and O–H groups in total. The van der Waals surface area contributed by atoms with Gasteiger partial charge < -0.3 is 4.90 Å². The third kappa shape index (κ3) is 3.70. The highest BCUT2D eigenvalue weighted by molar-refractivity contribution is 6.05. The molecule has 0 aliphatic rings. The summed E-state index contributed by atoms with van der Waals surface area (Å²) in [4.78, 5) is 45.1. The van der Waals surface area contributed by atoms with Crippen LogP contribution in [-0.2, 0) is 13.6 Å². The van der Waals surface area contributed by atoms with Crippen LogP contribution in [0.15, 0.2) is 39.9 Å². The number of pyridine rings is 1. The number of carbonyl (C=O) groups is 1. The van der Waals surface area contributed by atoms with Crippen molar-refractivity contribution in [3.8, 4) is 0 Å². The summed E-state index contributed by atoms with van der Waals surface area (Å²) < 4.78 is 15.5. The zero-order chi connectivity index (χ0) is 21.3. The van der Waals surface area contributed by atoms with Crippen LogP contribution in [0.1, 0.15) is 35.5 Å². The smallest absolute Gasteiger partial charge is 0.332 e. The zero-order valence-corrected chi connectivity index (χ0v) is 16.9. The van der Waals surface area contributed by atoms with Gasteiger partial charge in [-0.2, -0.15) is 0 Å². The first-order valence-electron chi connectivity index (χ1n) is 9.43. The average molecular weight is 398 g/mol. The Kier molecular flexibility index (Phi) is 5.63. The maximum absolute atomic E-state index is 13.3. The Hall–Kier alpha value is -3.29. The zero-order valence-electron chi connectivity index (χ0n) is 16.9. The topological polar surface area (TPSA) is 77.2 Å². The highest BCUT2D eigenvalue weighted by Gasteiger charge is 2.22. The molecule has 0 saturated carbocycles. The lowest BCUT2D eigenvalue weighted by Gasteiger charge is -2.20. The fourth-order valence-corrected chi connectivity index (χ4v) is 3.37. The van der Waals surface area contributed by atoms with Gasteiger partial charge in [-0.15, -0.1) is 0 Å². The minimum atomic E-state index is -0.588. The summed E-state index contributed by atoms with van der Waals surface area (Å²) in [6.07, 6.45) is 0. The molecule has 0 spiro atoms. The highest BCUT2D eigenvalue weighted by Crippen LogP contribution is 2.16. The number of nitrogens with zero attached hydrogens (tertiary/aromatic N) is 4. The van der Waals surface area contributed by atoms with E-state index in [1.165, 1.54) is 35.9 Å². The number of aromatic nitrogens is 3. The minimum absolute atomic E-state index is 0.0332. The summed E-state index contributed by atoms with van der Waals surface area (Å²) in [6.45, 7) is 6.39. The summed E-state index contributed by atoms with van der Waals surface area (Å²) in [5, 5.41) is 0.108. The van der Waals surface area contributed by atoms with Crippen molar-refractivity contribution in [2.24, 2.45) is 7.05 Å². The molecule has 152 valence electrons. The van der Waals surface area contributed by atoms with Crippen LogP contribution < -0.4 is 11.2 Å². The van der Waals surface area contributed by atoms with E-state index in [0.717, 1.165) is 4.57 Å². The molecule has 0 atom stereocenters. The van der Waals surface area contributed by atoms with Crippen LogP contribution >= 0.6 is 0 Å². The summed E-state index contributed by atoms with van der Waals surface area (Å²) >= 11 is 0. The predicted molar refractivity (Wildman–Crippen MR) is 109 cm³/mol. The van der Waals surface area contributed by atoms with Crippen molar-refractivity contribution >= 4 is 16.9 Å². The molecule has 0 aliphatic heterocycles. The molecule has 29 heavy (non-hydrogen) atoms. The molecular weight excluding hydrogens is 375 g/mol. The van der Waals surface area contributed by atoms with Gasteiger partial charge in [0.25, 0.3) is 11.5 Å². The van der Waals surface area contributed by atoms with E-state index in [0.29, 0.717) is 24.3 Å². The van der Waals surface area contributed by atoms with Gasteiger partial charge in [-0.3, -0.25) is 18.7 Å². The molecule has 0 bridgehead atoms. The van der Waals surface area contributed by atoms with E-state index in [2.05, 4.69) is 4.98 Å². The average Bonchev–Trinajstić information content (AvgIpc) is 2.71. The standard InChI is InChI=1S/C21H23FN4O3/c1-5-25(6-2)19(27)16-11-13(3)23-18-17(16)20(28)26(21(29)24(18)4)12-14-7-9-15(22)10-8-14/h7-11H,5-6,12H2,1-4H3. The van der Waals surface area contributed by atoms with Crippen molar-refractivity contribution in [2.45, 2.75) is 27.3 Å². The number of hydrogen-bond donors (Lipinski definition) is 0. The molecule has 0 radical (unpaired) electrons. The number of benzene rings is 1. The van der Waals surface area contributed by atoms with Crippen LogP contribution in [0.4, 0.5) is 4.39 Å². The van der Waals surface area contributed by atoms with Crippen LogP contribution in [0.2, 0.25) is 0 Å². The maximum Gasteiger partial charge on any atom is 0.332 e. The minimum Gasteiger partial charge on any atom is -0.339 e. The second-order valence-corrected chi connectivity index (χ2v) is 6.85. The number of aryl methyl sites for hydroxylation is 2. The lowest BCUT2D eigenvalue weighted by atomic mass is 10.1. The van der Waals surface area contributed by atoms with E-state index in [-0.39, 0.29) is 29.0 Å². The molecule has 0 unspecified atom stereocenters. The van der Waals surface area contributed by atoms with Gasteiger partial charge in [0, 0.05) is 25.8 Å². The molecule has 3 rings (SSSR count). The molecule has 8 heteroatoms. The molecule has 2 aromatic heterocycles. The molecule has 2 heterocycles. The van der Waals surface area contributed by atoms with Crippen molar-refractivity contribution in [2.75, 3.05) is 13.1 Å². The SMILES string of the molecule is CCN(CC)C(=O)c1cc(C)nc2c1c(=O)n(Cc1ccc(F)cc1)c(=O)n2C. The van der Waals surface area contributed by atoms with Gasteiger partial charge in [0.05, 0.1) is 17.5 Å². The van der Waals surface area contributed by atoms with Crippen molar-refractivity contribution in [1.29, 1.82) is 0 Å². The van der Waals surface area contributed by atoms with Crippen molar-refractivity contribution in [3.63, 3.8) is 0 Å². The van der Waals surface area contributed by atoms with Gasteiger partial charge >= 0.3 is 5.69 Å². The molecule has 3 aromatic rings. The molecule has 0 fully saturated rings. The van der Waals surface area contributed by atoms with E-state index < -0.39 is 17.1 Å². The first-order chi connectivity index (χ1) is 13.8. The van der Waals surface area contributed by atoms with E-state index in [9.17, 15) is 18.8 Å². The van der Waals surface area contributed by atoms with E-state index in [1.54, 1.807) is 17.9 Å². The lowest BCUT2D eigenvalue weighted by Crippen LogP contribution is -2.41. The molecule has 1 amide bonds. The van der Waals surface area contributed by atoms with Crippen LogP contribution in [-0.4, -0.2) is 38.0 Å². The largest absolute Gasteiger partial charge is 0.339 e. The second kappa shape index (κ2) is 7.98. The number of amides is 1. The highest BCUT2D eigenvalue weighted by atomic mass is 19.1. The second-order valence-electron chi connectivity index (χ2n) is 6.85. The summed E-state index contributed by atoms with van der Waals surface area (Å²) in [7, 11) is 1.52. The van der Waals surface area contributed by atoms with Gasteiger partial charge in [-0.05, 0) is 44.5 Å². The van der Waals surface area contributed by atoms with Crippen molar-refractivity contribution in [1.82, 2.24) is 19.0 Å². The number of fused-ring (bicyclic) bond motifs is 1. The van der Waals surface area contributed by atoms with E-state index in [1.807, 2.05) is 13.8 Å². The van der Waals surface area contributed by atoms with Gasteiger partial charge in [0.15, 0.2) is 0 Å². The molecule has 0 aliphatic carbocycles. The van der Waals surface area contributed by atoms with Crippen LogP contribution in [0.3, 0.4) is 0 Å². The first kappa shape index (κ1) is 20.4. The lowest BCUT2D eigenvalue weighted by molar-refractivity contribution is 0.0774. The Bertz CT molecular complexity index is 1190. The van der Waals surface area contributed by atoms with Crippen molar-refractivity contribution in [3.05, 3.63) is 73.8 Å². The summed E-state index contributed by atoms with van der Waals surface area (Å²) in [6, 6.07) is 7.15. The summed E-state index contributed by atoms with van der Waals surface area (Å²) in [5.41, 5.74) is 0.400. The Morgan fingerprint density at radius 2 is 1.76 bits per heavy atom. The Morgan fingerprint density at radius 3 is 2.34 bits per heavy atom. The van der Waals surface area contributed by atoms with Gasteiger partial charge in [0.1, 0.15) is 11.5 Å². The van der Waals surface area contributed by atoms with Crippen molar-refractivity contribution < 1.29 is 9.18 Å².